The molecule has 4 heteroatoms. The summed E-state index contributed by atoms with van der Waals surface area (Å²) in [4.78, 5) is 0. The van der Waals surface area contributed by atoms with Crippen LogP contribution in [-0.2, 0) is 52.8 Å². The Morgan fingerprint density at radius 2 is 1.25 bits per heavy atom. The van der Waals surface area contributed by atoms with Crippen LogP contribution in [0.15, 0.2) is 0 Å². The molecule has 0 radical (unpaired) electrons. The molecule has 4 heavy (non-hydrogen) atoms. The van der Waals surface area contributed by atoms with Crippen molar-refractivity contribution in [2.45, 2.75) is 0 Å². The number of rotatable bonds is 0. The van der Waals surface area contributed by atoms with Gasteiger partial charge in [0.1, 0.15) is 0 Å². The van der Waals surface area contributed by atoms with Gasteiger partial charge in [-0.15, -0.1) is 0 Å². The van der Waals surface area contributed by atoms with Gasteiger partial charge in [0.2, 0.25) is 0 Å². The van der Waals surface area contributed by atoms with E-state index >= 15 is 0 Å². The van der Waals surface area contributed by atoms with Crippen molar-refractivity contribution in [1.82, 2.24) is 0 Å². The van der Waals surface area contributed by atoms with E-state index in [0.717, 1.165) is 0 Å². The average molecular weight is 184 g/mol. The second-order valence-corrected chi connectivity index (χ2v) is 0. The Morgan fingerprint density at radius 3 is 1.25 bits per heavy atom. The van der Waals surface area contributed by atoms with Gasteiger partial charge in [0.15, 0.2) is 0 Å². The fourth-order valence-electron chi connectivity index (χ4n) is 0. The van der Waals surface area contributed by atoms with Gasteiger partial charge in [0, 0.05) is 0 Å². The SMILES string of the molecule is [O]=[Cu].[O]=[Y]. The van der Waals surface area contributed by atoms with E-state index in [2.05, 4.69) is 15.9 Å². The molecule has 26 valence electrons. The van der Waals surface area contributed by atoms with Crippen LogP contribution in [-0.4, -0.2) is 0 Å². The molecule has 0 aliphatic carbocycles. The molecule has 0 fully saturated rings. The van der Waals surface area contributed by atoms with Crippen molar-refractivity contribution in [2.75, 3.05) is 0 Å². The molecule has 0 saturated carbocycles. The molecule has 0 rings (SSSR count). The van der Waals surface area contributed by atoms with E-state index in [1.54, 1.807) is 0 Å². The molecule has 0 bridgehead atoms. The Labute approximate surface area is 52.4 Å². The van der Waals surface area contributed by atoms with Crippen LogP contribution in [0, 0.1) is 0 Å². The van der Waals surface area contributed by atoms with Gasteiger partial charge in [-0.1, -0.05) is 0 Å². The van der Waals surface area contributed by atoms with Crippen LogP contribution in [0.1, 0.15) is 0 Å². The molecule has 0 aromatic carbocycles. The van der Waals surface area contributed by atoms with Crippen LogP contribution in [0.4, 0.5) is 0 Å². The Morgan fingerprint density at radius 1 is 1.25 bits per heavy atom. The summed E-state index contributed by atoms with van der Waals surface area (Å²) < 4.78 is 16.2. The molecule has 2 nitrogen and oxygen atoms in total. The van der Waals surface area contributed by atoms with Crippen molar-refractivity contribution < 1.29 is 52.8 Å². The molecule has 0 spiro atoms. The summed E-state index contributed by atoms with van der Waals surface area (Å²) in [7, 11) is 0. The van der Waals surface area contributed by atoms with Gasteiger partial charge in [-0.2, -0.15) is 0 Å². The molecule has 0 saturated heterocycles. The summed E-state index contributed by atoms with van der Waals surface area (Å²) in [6.07, 6.45) is 0. The summed E-state index contributed by atoms with van der Waals surface area (Å²) in [5.41, 5.74) is 0. The second-order valence-electron chi connectivity index (χ2n) is 0. The van der Waals surface area contributed by atoms with Crippen molar-refractivity contribution in [1.29, 1.82) is 0 Å². The van der Waals surface area contributed by atoms with E-state index in [4.69, 9.17) is 5.88 Å². The standard InChI is InChI=1S/Cu.2O.Y. The van der Waals surface area contributed by atoms with E-state index in [-0.39, 0.29) is 31.0 Å². The Balaban J connectivity index is 0. The normalized spacial score (nSPS) is 3.00. The minimum absolute atomic E-state index is 0.100. The minimum atomic E-state index is 0.100. The molecule has 0 unspecified atom stereocenters. The Hall–Kier alpha value is 1.22. The summed E-state index contributed by atoms with van der Waals surface area (Å²) in [6, 6.07) is 0. The number of hydrogen-bond donors (Lipinski definition) is 0. The zero-order chi connectivity index (χ0) is 4.00. The van der Waals surface area contributed by atoms with Gasteiger partial charge < -0.3 is 0 Å². The zero-order valence-corrected chi connectivity index (χ0v) is 5.48. The third-order valence-electron chi connectivity index (χ3n) is 0. The summed E-state index contributed by atoms with van der Waals surface area (Å²) >= 11 is 3.04. The molecule has 0 atom stereocenters. The first-order valence-electron chi connectivity index (χ1n) is 0.359. The van der Waals surface area contributed by atoms with Crippen LogP contribution >= 0.6 is 0 Å². The fraction of sp³-hybridized carbons (Fsp3) is 0. The van der Waals surface area contributed by atoms with Crippen LogP contribution in [0.25, 0.3) is 0 Å². The van der Waals surface area contributed by atoms with Crippen molar-refractivity contribution >= 4 is 0 Å². The molecule has 0 aliphatic heterocycles. The molecule has 0 heterocycles. The summed E-state index contributed by atoms with van der Waals surface area (Å²) in [6.45, 7) is 0. The predicted octanol–water partition coefficient (Wildman–Crippen LogP) is -0.243. The van der Waals surface area contributed by atoms with Gasteiger partial charge in [-0.3, -0.25) is 0 Å². The van der Waals surface area contributed by atoms with Crippen molar-refractivity contribution in [3.05, 3.63) is 0 Å². The van der Waals surface area contributed by atoms with E-state index in [0.29, 0.717) is 0 Å². The summed E-state index contributed by atoms with van der Waals surface area (Å²) in [5.74, 6) is 0. The van der Waals surface area contributed by atoms with Gasteiger partial charge in [-0.25, -0.2) is 0 Å². The van der Waals surface area contributed by atoms with Crippen LogP contribution < -0.4 is 0 Å². The first kappa shape index (κ1) is 8.97. The second kappa shape index (κ2) is 29.3. The van der Waals surface area contributed by atoms with E-state index in [1.807, 2.05) is 0 Å². The van der Waals surface area contributed by atoms with Crippen molar-refractivity contribution in [3.63, 3.8) is 0 Å². The first-order valence-corrected chi connectivity index (χ1v) is 1.90. The third kappa shape index (κ3) is 10.6. The zero-order valence-electron chi connectivity index (χ0n) is 1.70. The molecule has 0 aliphatic rings. The topological polar surface area (TPSA) is 34.1 Å². The van der Waals surface area contributed by atoms with E-state index in [1.165, 1.54) is 0 Å². The average Bonchev–Trinajstić information content (AvgIpc) is 1.50. The van der Waals surface area contributed by atoms with Gasteiger partial charge in [0.05, 0.1) is 0 Å². The fourth-order valence-corrected chi connectivity index (χ4v) is 0. The monoisotopic (exact) mass is 184 g/mol. The maximum atomic E-state index is 8.38. The third-order valence-corrected chi connectivity index (χ3v) is 0. The Kier molecular flexibility index (Phi) is 65.7. The summed E-state index contributed by atoms with van der Waals surface area (Å²) in [5, 5.41) is 0. The van der Waals surface area contributed by atoms with Crippen LogP contribution in [0.2, 0.25) is 0 Å². The van der Waals surface area contributed by atoms with E-state index < -0.39 is 0 Å². The van der Waals surface area contributed by atoms with Gasteiger partial charge in [-0.05, 0) is 0 Å². The maximum absolute atomic E-state index is 8.38. The molecule has 0 amide bonds. The van der Waals surface area contributed by atoms with Crippen LogP contribution in [0.3, 0.4) is 0 Å². The Bertz CT molecular complexity index is 8.00. The van der Waals surface area contributed by atoms with E-state index in [9.17, 15) is 0 Å². The molecular weight excluding hydrogens is 184 g/mol. The van der Waals surface area contributed by atoms with Gasteiger partial charge in [0.25, 0.3) is 0 Å². The molecular formula is CuO2Y. The molecule has 0 N–H and O–H groups in total. The van der Waals surface area contributed by atoms with Crippen molar-refractivity contribution in [3.8, 4) is 0 Å². The molecule has 0 aromatic heterocycles. The van der Waals surface area contributed by atoms with Crippen LogP contribution in [0.5, 0.6) is 0 Å². The quantitative estimate of drug-likeness (QED) is 0.487. The predicted molar refractivity (Wildman–Crippen MR) is 1.37 cm³/mol. The van der Waals surface area contributed by atoms with Gasteiger partial charge >= 0.3 is 52.8 Å². The number of hydrogen-bond acceptors (Lipinski definition) is 2. The first-order chi connectivity index (χ1) is 2.00. The van der Waals surface area contributed by atoms with Crippen molar-refractivity contribution in [2.24, 2.45) is 0 Å². The molecule has 0 aromatic rings.